The molecule has 1 heterocycles. The van der Waals surface area contributed by atoms with Gasteiger partial charge in [-0.3, -0.25) is 9.59 Å². The van der Waals surface area contributed by atoms with E-state index >= 15 is 0 Å². The lowest BCUT2D eigenvalue weighted by Crippen LogP contribution is -2.65. The molecule has 0 unspecified atom stereocenters. The molecule has 2 N–H and O–H groups in total. The van der Waals surface area contributed by atoms with Crippen LogP contribution in [0.3, 0.4) is 0 Å². The number of carbonyl (C=O) groups is 3. The van der Waals surface area contributed by atoms with Crippen molar-refractivity contribution in [3.8, 4) is 0 Å². The van der Waals surface area contributed by atoms with Crippen LogP contribution in [0.25, 0.3) is 0 Å². The number of aliphatic hydroxyl groups excluding tert-OH is 1. The third-order valence-electron chi connectivity index (χ3n) is 8.97. The van der Waals surface area contributed by atoms with Crippen molar-refractivity contribution < 1.29 is 29.3 Å². The van der Waals surface area contributed by atoms with Crippen molar-refractivity contribution >= 4 is 17.5 Å². The quantitative estimate of drug-likeness (QED) is 0.652. The van der Waals surface area contributed by atoms with E-state index in [-0.39, 0.29) is 54.7 Å². The Bertz CT molecular complexity index is 886. The topological polar surface area (TPSA) is 101 Å². The fraction of sp³-hybridized carbons (Fsp3) is 0.696. The molecule has 5 aliphatic rings. The number of fused-ring (bicyclic) bond motifs is 5. The van der Waals surface area contributed by atoms with E-state index < -0.39 is 22.5 Å². The second-order valence-corrected chi connectivity index (χ2v) is 10.3. The van der Waals surface area contributed by atoms with Crippen molar-refractivity contribution in [3.05, 3.63) is 23.3 Å². The fourth-order valence-corrected chi connectivity index (χ4v) is 7.46. The highest BCUT2D eigenvalue weighted by Crippen LogP contribution is 2.67. The Morgan fingerprint density at radius 2 is 1.86 bits per heavy atom. The molecule has 0 aromatic rings. The van der Waals surface area contributed by atoms with Gasteiger partial charge in [0.25, 0.3) is 0 Å². The zero-order chi connectivity index (χ0) is 20.8. The molecular weight excluding hydrogens is 372 g/mol. The molecule has 7 atom stereocenters. The second-order valence-electron chi connectivity index (χ2n) is 10.3. The van der Waals surface area contributed by atoms with Gasteiger partial charge in [0.15, 0.2) is 5.78 Å². The van der Waals surface area contributed by atoms with Gasteiger partial charge in [0.1, 0.15) is 18.5 Å². The molecule has 3 saturated carbocycles. The summed E-state index contributed by atoms with van der Waals surface area (Å²) in [5, 5.41) is 22.1. The Morgan fingerprint density at radius 3 is 2.55 bits per heavy atom. The number of cyclic esters (lactones) is 1. The molecule has 0 aromatic carbocycles. The predicted molar refractivity (Wildman–Crippen MR) is 102 cm³/mol. The first kappa shape index (κ1) is 19.2. The molecule has 0 aromatic heterocycles. The van der Waals surface area contributed by atoms with Crippen molar-refractivity contribution in [3.63, 3.8) is 0 Å². The lowest BCUT2D eigenvalue weighted by atomic mass is 9.42. The third-order valence-corrected chi connectivity index (χ3v) is 8.97. The molecule has 0 bridgehead atoms. The molecule has 6 nitrogen and oxygen atoms in total. The molecule has 0 amide bonds. The molecule has 0 saturated heterocycles. The maximum absolute atomic E-state index is 13.6. The molecular formula is C23H28O6. The Hall–Kier alpha value is -1.79. The van der Waals surface area contributed by atoms with E-state index in [4.69, 9.17) is 4.74 Å². The third kappa shape index (κ3) is 2.33. The average Bonchev–Trinajstić information content (AvgIpc) is 3.17. The van der Waals surface area contributed by atoms with Crippen LogP contribution in [-0.4, -0.2) is 46.1 Å². The van der Waals surface area contributed by atoms with Crippen LogP contribution in [0.1, 0.15) is 52.4 Å². The summed E-state index contributed by atoms with van der Waals surface area (Å²) in [4.78, 5) is 37.5. The van der Waals surface area contributed by atoms with Crippen molar-refractivity contribution in [2.24, 2.45) is 28.6 Å². The lowest BCUT2D eigenvalue weighted by molar-refractivity contribution is -0.198. The van der Waals surface area contributed by atoms with E-state index in [2.05, 4.69) is 0 Å². The number of esters is 1. The number of carbonyl (C=O) groups excluding carboxylic acids is 3. The van der Waals surface area contributed by atoms with Crippen molar-refractivity contribution in [1.29, 1.82) is 0 Å². The summed E-state index contributed by atoms with van der Waals surface area (Å²) in [6.07, 6.45) is 5.28. The Labute approximate surface area is 170 Å². The first-order chi connectivity index (χ1) is 13.6. The highest BCUT2D eigenvalue weighted by Gasteiger charge is 2.69. The molecule has 5 rings (SSSR count). The summed E-state index contributed by atoms with van der Waals surface area (Å²) >= 11 is 0. The number of ether oxygens (including phenoxy) is 1. The molecule has 3 fully saturated rings. The summed E-state index contributed by atoms with van der Waals surface area (Å²) in [6, 6.07) is 0. The van der Waals surface area contributed by atoms with Crippen LogP contribution in [0.4, 0.5) is 0 Å². The first-order valence-corrected chi connectivity index (χ1v) is 10.6. The number of hydrogen-bond donors (Lipinski definition) is 2. The minimum absolute atomic E-state index is 0.0946. The van der Waals surface area contributed by atoms with Crippen molar-refractivity contribution in [1.82, 2.24) is 0 Å². The smallest absolute Gasteiger partial charge is 0.331 e. The Kier molecular flexibility index (Phi) is 3.89. The van der Waals surface area contributed by atoms with Crippen molar-refractivity contribution in [2.75, 3.05) is 6.61 Å². The minimum Gasteiger partial charge on any atom is -0.458 e. The zero-order valence-corrected chi connectivity index (χ0v) is 16.9. The van der Waals surface area contributed by atoms with E-state index in [9.17, 15) is 24.6 Å². The van der Waals surface area contributed by atoms with E-state index in [0.29, 0.717) is 19.3 Å². The summed E-state index contributed by atoms with van der Waals surface area (Å²) in [6.45, 7) is 4.14. The number of hydrogen-bond acceptors (Lipinski definition) is 6. The maximum Gasteiger partial charge on any atom is 0.331 e. The van der Waals surface area contributed by atoms with Gasteiger partial charge in [-0.2, -0.15) is 0 Å². The SMILES string of the molecule is C[C@]12CC(=O)[C@@H](O)C[C@H]1CC[C@@H]1[C@@H]2C(=O)C[C@]2(C)C(C3=CC(=O)OC3)=CC[C@]12O. The van der Waals surface area contributed by atoms with Crippen LogP contribution in [0.2, 0.25) is 0 Å². The Balaban J connectivity index is 1.54. The van der Waals surface area contributed by atoms with E-state index in [1.54, 1.807) is 0 Å². The number of aliphatic hydroxyl groups is 2. The van der Waals surface area contributed by atoms with Crippen molar-refractivity contribution in [2.45, 2.75) is 64.1 Å². The van der Waals surface area contributed by atoms with Crippen LogP contribution in [-0.2, 0) is 19.1 Å². The molecule has 0 spiro atoms. The molecule has 6 heteroatoms. The van der Waals surface area contributed by atoms with Crippen LogP contribution < -0.4 is 0 Å². The van der Waals surface area contributed by atoms with Gasteiger partial charge in [-0.15, -0.1) is 0 Å². The standard InChI is InChI=1S/C23H28O6/c1-21-9-17(25)16(24)8-13(21)3-4-15-20(21)18(26)10-22(2)14(5-6-23(15,22)28)12-7-19(27)29-11-12/h5,7,13,15-16,20,24,28H,3-4,6,8-11H2,1-2H3/t13-,15-,16+,20-,21+,22-,23+/m1/s1. The van der Waals surface area contributed by atoms with Crippen LogP contribution in [0.15, 0.2) is 23.3 Å². The summed E-state index contributed by atoms with van der Waals surface area (Å²) in [5.74, 6) is -0.964. The molecule has 0 radical (unpaired) electrons. The molecule has 156 valence electrons. The van der Waals surface area contributed by atoms with Gasteiger partial charge in [-0.25, -0.2) is 4.79 Å². The minimum atomic E-state index is -1.08. The van der Waals surface area contributed by atoms with E-state index in [1.165, 1.54) is 6.08 Å². The van der Waals surface area contributed by atoms with Gasteiger partial charge < -0.3 is 14.9 Å². The van der Waals surface area contributed by atoms with Gasteiger partial charge in [-0.05, 0) is 48.5 Å². The predicted octanol–water partition coefficient (Wildman–Crippen LogP) is 1.88. The lowest BCUT2D eigenvalue weighted by Gasteiger charge is -2.62. The largest absolute Gasteiger partial charge is 0.458 e. The first-order valence-electron chi connectivity index (χ1n) is 10.6. The highest BCUT2D eigenvalue weighted by atomic mass is 16.5. The van der Waals surface area contributed by atoms with Crippen LogP contribution >= 0.6 is 0 Å². The van der Waals surface area contributed by atoms with Gasteiger partial charge in [-0.1, -0.05) is 19.9 Å². The Morgan fingerprint density at radius 1 is 1.10 bits per heavy atom. The number of Topliss-reactive ketones (excluding diaryl/α,β-unsaturated/α-hetero) is 2. The number of rotatable bonds is 1. The van der Waals surface area contributed by atoms with E-state index in [1.807, 2.05) is 19.9 Å². The average molecular weight is 400 g/mol. The summed E-state index contributed by atoms with van der Waals surface area (Å²) in [7, 11) is 0. The zero-order valence-electron chi connectivity index (χ0n) is 16.9. The van der Waals surface area contributed by atoms with E-state index in [0.717, 1.165) is 17.6 Å². The fourth-order valence-electron chi connectivity index (χ4n) is 7.46. The normalized spacial score (nSPS) is 49.0. The molecule has 1 aliphatic heterocycles. The monoisotopic (exact) mass is 400 g/mol. The van der Waals surface area contributed by atoms with Gasteiger partial charge in [0.2, 0.25) is 0 Å². The summed E-state index contributed by atoms with van der Waals surface area (Å²) in [5.41, 5.74) is -0.731. The highest BCUT2D eigenvalue weighted by molar-refractivity contribution is 5.90. The van der Waals surface area contributed by atoms with Gasteiger partial charge in [0.05, 0.1) is 5.60 Å². The number of ketones is 2. The molecule has 29 heavy (non-hydrogen) atoms. The van der Waals surface area contributed by atoms with Crippen LogP contribution in [0, 0.1) is 28.6 Å². The summed E-state index contributed by atoms with van der Waals surface area (Å²) < 4.78 is 5.08. The van der Waals surface area contributed by atoms with Gasteiger partial charge in [0, 0.05) is 35.8 Å². The van der Waals surface area contributed by atoms with Gasteiger partial charge >= 0.3 is 5.97 Å². The van der Waals surface area contributed by atoms with Crippen LogP contribution in [0.5, 0.6) is 0 Å². The second kappa shape index (κ2) is 5.88. The maximum atomic E-state index is 13.6. The molecule has 4 aliphatic carbocycles.